The number of benzene rings is 1. The third-order valence-electron chi connectivity index (χ3n) is 2.29. The largest absolute Gasteiger partial charge is 0.303 e. The minimum atomic E-state index is 0.504. The van der Waals surface area contributed by atoms with E-state index in [0.717, 1.165) is 18.5 Å². The zero-order valence-corrected chi connectivity index (χ0v) is 8.91. The Kier molecular flexibility index (Phi) is 3.43. The van der Waals surface area contributed by atoms with Crippen LogP contribution in [0.2, 0.25) is 0 Å². The summed E-state index contributed by atoms with van der Waals surface area (Å²) in [6.07, 6.45) is 3.95. The summed E-state index contributed by atoms with van der Waals surface area (Å²) in [5.41, 5.74) is 2.05. The molecule has 1 aromatic heterocycles. The van der Waals surface area contributed by atoms with Gasteiger partial charge in [0.2, 0.25) is 0 Å². The van der Waals surface area contributed by atoms with Crippen LogP contribution in [0.3, 0.4) is 0 Å². The standard InChI is InChI=1S/C12H13N3O/c16-8-4-7-12-10-15(14-13-12)9-11-5-2-1-3-6-11/h1-3,5-6,8,10H,4,7,9H2. The molecule has 0 radical (unpaired) electrons. The van der Waals surface area contributed by atoms with Crippen molar-refractivity contribution in [3.63, 3.8) is 0 Å². The van der Waals surface area contributed by atoms with Gasteiger partial charge < -0.3 is 4.79 Å². The average molecular weight is 215 g/mol. The second-order valence-electron chi connectivity index (χ2n) is 3.60. The third-order valence-corrected chi connectivity index (χ3v) is 2.29. The third kappa shape index (κ3) is 2.76. The molecule has 0 atom stereocenters. The van der Waals surface area contributed by atoms with Crippen molar-refractivity contribution in [1.82, 2.24) is 15.0 Å². The summed E-state index contributed by atoms with van der Waals surface area (Å²) in [5.74, 6) is 0. The summed E-state index contributed by atoms with van der Waals surface area (Å²) in [4.78, 5) is 10.2. The maximum absolute atomic E-state index is 10.2. The Bertz CT molecular complexity index is 450. The van der Waals surface area contributed by atoms with Gasteiger partial charge in [0.15, 0.2) is 0 Å². The highest BCUT2D eigenvalue weighted by molar-refractivity contribution is 5.49. The molecule has 0 amide bonds. The van der Waals surface area contributed by atoms with Gasteiger partial charge in [0, 0.05) is 12.6 Å². The van der Waals surface area contributed by atoms with Crippen LogP contribution in [0.25, 0.3) is 0 Å². The minimum Gasteiger partial charge on any atom is -0.303 e. The van der Waals surface area contributed by atoms with Crippen molar-refractivity contribution in [3.05, 3.63) is 47.8 Å². The molecule has 0 unspecified atom stereocenters. The number of hydrogen-bond donors (Lipinski definition) is 0. The van der Waals surface area contributed by atoms with Crippen molar-refractivity contribution in [3.8, 4) is 0 Å². The minimum absolute atomic E-state index is 0.504. The van der Waals surface area contributed by atoms with Gasteiger partial charge in [-0.25, -0.2) is 4.68 Å². The fourth-order valence-corrected chi connectivity index (χ4v) is 1.51. The second kappa shape index (κ2) is 5.21. The number of hydrogen-bond acceptors (Lipinski definition) is 3. The Morgan fingerprint density at radius 1 is 1.25 bits per heavy atom. The highest BCUT2D eigenvalue weighted by atomic mass is 16.1. The van der Waals surface area contributed by atoms with E-state index >= 15 is 0 Å². The lowest BCUT2D eigenvalue weighted by molar-refractivity contribution is -0.107. The molecule has 2 rings (SSSR count). The number of rotatable bonds is 5. The maximum Gasteiger partial charge on any atom is 0.120 e. The number of carbonyl (C=O) groups is 1. The molecule has 1 heterocycles. The molecule has 2 aromatic rings. The summed E-state index contributed by atoms with van der Waals surface area (Å²) in [6.45, 7) is 0.717. The first kappa shape index (κ1) is 10.5. The molecule has 0 spiro atoms. The fraction of sp³-hybridized carbons (Fsp3) is 0.250. The number of carbonyl (C=O) groups excluding carboxylic acids is 1. The van der Waals surface area contributed by atoms with Gasteiger partial charge in [-0.05, 0) is 12.0 Å². The Morgan fingerprint density at radius 3 is 2.81 bits per heavy atom. The molecular weight excluding hydrogens is 202 g/mol. The monoisotopic (exact) mass is 215 g/mol. The summed E-state index contributed by atoms with van der Waals surface area (Å²) >= 11 is 0. The van der Waals surface area contributed by atoms with Gasteiger partial charge in [0.25, 0.3) is 0 Å². The van der Waals surface area contributed by atoms with Crippen molar-refractivity contribution < 1.29 is 4.79 Å². The number of nitrogens with zero attached hydrogens (tertiary/aromatic N) is 3. The summed E-state index contributed by atoms with van der Waals surface area (Å²) in [5, 5.41) is 8.02. The highest BCUT2D eigenvalue weighted by Gasteiger charge is 2.00. The molecule has 0 N–H and O–H groups in total. The molecule has 0 aliphatic rings. The Morgan fingerprint density at radius 2 is 2.06 bits per heavy atom. The van der Waals surface area contributed by atoms with Crippen LogP contribution in [0.1, 0.15) is 17.7 Å². The first-order valence-electron chi connectivity index (χ1n) is 5.25. The van der Waals surface area contributed by atoms with E-state index in [-0.39, 0.29) is 0 Å². The van der Waals surface area contributed by atoms with Crippen molar-refractivity contribution >= 4 is 6.29 Å². The van der Waals surface area contributed by atoms with Crippen LogP contribution in [0, 0.1) is 0 Å². The van der Waals surface area contributed by atoms with Crippen LogP contribution < -0.4 is 0 Å². The van der Waals surface area contributed by atoms with E-state index in [1.807, 2.05) is 36.5 Å². The van der Waals surface area contributed by atoms with E-state index in [2.05, 4.69) is 10.3 Å². The first-order chi connectivity index (χ1) is 7.88. The topological polar surface area (TPSA) is 47.8 Å². The van der Waals surface area contributed by atoms with E-state index in [1.54, 1.807) is 4.68 Å². The predicted molar refractivity (Wildman–Crippen MR) is 60.0 cm³/mol. The van der Waals surface area contributed by atoms with Crippen LogP contribution in [0.5, 0.6) is 0 Å². The molecule has 0 saturated carbocycles. The Labute approximate surface area is 93.9 Å². The molecule has 16 heavy (non-hydrogen) atoms. The van der Waals surface area contributed by atoms with Crippen LogP contribution >= 0.6 is 0 Å². The lowest BCUT2D eigenvalue weighted by atomic mass is 10.2. The van der Waals surface area contributed by atoms with Crippen LogP contribution in [0.15, 0.2) is 36.5 Å². The molecule has 0 aliphatic carbocycles. The second-order valence-corrected chi connectivity index (χ2v) is 3.60. The lowest BCUT2D eigenvalue weighted by Crippen LogP contribution is -1.99. The maximum atomic E-state index is 10.2. The fourth-order valence-electron chi connectivity index (χ4n) is 1.51. The average Bonchev–Trinajstić information content (AvgIpc) is 2.75. The number of aryl methyl sites for hydroxylation is 1. The molecule has 4 heteroatoms. The van der Waals surface area contributed by atoms with Gasteiger partial charge in [-0.1, -0.05) is 35.5 Å². The van der Waals surface area contributed by atoms with Crippen molar-refractivity contribution in [2.75, 3.05) is 0 Å². The van der Waals surface area contributed by atoms with Crippen molar-refractivity contribution in [2.24, 2.45) is 0 Å². The number of aldehydes is 1. The smallest absolute Gasteiger partial charge is 0.120 e. The lowest BCUT2D eigenvalue weighted by Gasteiger charge is -1.99. The molecule has 4 nitrogen and oxygen atoms in total. The van der Waals surface area contributed by atoms with E-state index in [4.69, 9.17) is 0 Å². The van der Waals surface area contributed by atoms with Crippen molar-refractivity contribution in [2.45, 2.75) is 19.4 Å². The number of aromatic nitrogens is 3. The van der Waals surface area contributed by atoms with E-state index in [0.29, 0.717) is 12.8 Å². The van der Waals surface area contributed by atoms with Gasteiger partial charge in [-0.3, -0.25) is 0 Å². The normalized spacial score (nSPS) is 10.2. The SMILES string of the molecule is O=CCCc1cn(Cc2ccccc2)nn1. The van der Waals surface area contributed by atoms with E-state index in [1.165, 1.54) is 5.56 Å². The van der Waals surface area contributed by atoms with Gasteiger partial charge in [0.05, 0.1) is 12.2 Å². The van der Waals surface area contributed by atoms with E-state index in [9.17, 15) is 4.79 Å². The van der Waals surface area contributed by atoms with Crippen LogP contribution in [-0.4, -0.2) is 21.3 Å². The summed E-state index contributed by atoms with van der Waals surface area (Å²) in [6, 6.07) is 10.1. The van der Waals surface area contributed by atoms with E-state index < -0.39 is 0 Å². The van der Waals surface area contributed by atoms with Gasteiger partial charge in [-0.15, -0.1) is 5.10 Å². The van der Waals surface area contributed by atoms with Gasteiger partial charge >= 0.3 is 0 Å². The summed E-state index contributed by atoms with van der Waals surface area (Å²) < 4.78 is 1.79. The van der Waals surface area contributed by atoms with Crippen LogP contribution in [-0.2, 0) is 17.8 Å². The molecule has 0 fully saturated rings. The quantitative estimate of drug-likeness (QED) is 0.709. The molecule has 0 saturated heterocycles. The zero-order valence-electron chi connectivity index (χ0n) is 8.91. The summed E-state index contributed by atoms with van der Waals surface area (Å²) in [7, 11) is 0. The molecule has 0 aliphatic heterocycles. The highest BCUT2D eigenvalue weighted by Crippen LogP contribution is 2.03. The van der Waals surface area contributed by atoms with Gasteiger partial charge in [0.1, 0.15) is 6.29 Å². The zero-order chi connectivity index (χ0) is 11.2. The molecule has 0 bridgehead atoms. The molecule has 1 aromatic carbocycles. The molecule has 82 valence electrons. The van der Waals surface area contributed by atoms with Gasteiger partial charge in [-0.2, -0.15) is 0 Å². The molecular formula is C12H13N3O. The predicted octanol–water partition coefficient (Wildman–Crippen LogP) is 1.46. The first-order valence-corrected chi connectivity index (χ1v) is 5.25. The Hall–Kier alpha value is -1.97. The Balaban J connectivity index is 2.00. The van der Waals surface area contributed by atoms with Crippen molar-refractivity contribution in [1.29, 1.82) is 0 Å². The van der Waals surface area contributed by atoms with Crippen LogP contribution in [0.4, 0.5) is 0 Å².